The van der Waals surface area contributed by atoms with Crippen LogP contribution in [0.5, 0.6) is 0 Å². The Morgan fingerprint density at radius 1 is 1.39 bits per heavy atom. The highest BCUT2D eigenvalue weighted by Crippen LogP contribution is 2.31. The van der Waals surface area contributed by atoms with Crippen molar-refractivity contribution < 1.29 is 14.3 Å². The van der Waals surface area contributed by atoms with Gasteiger partial charge < -0.3 is 15.7 Å². The van der Waals surface area contributed by atoms with Crippen LogP contribution in [0.4, 0.5) is 9.18 Å². The predicted octanol–water partition coefficient (Wildman–Crippen LogP) is 3.00. The van der Waals surface area contributed by atoms with Crippen molar-refractivity contribution in [1.29, 1.82) is 0 Å². The molecule has 0 bridgehead atoms. The molecule has 0 radical (unpaired) electrons. The van der Waals surface area contributed by atoms with E-state index in [2.05, 4.69) is 15.6 Å². The molecular formula is C16H20FN3O2S. The number of hydrogen-bond acceptors (Lipinski definition) is 4. The summed E-state index contributed by atoms with van der Waals surface area (Å²) in [5.74, 6) is -0.281. The summed E-state index contributed by atoms with van der Waals surface area (Å²) in [5, 5.41) is 15.0. The van der Waals surface area contributed by atoms with Gasteiger partial charge in [0.15, 0.2) is 0 Å². The smallest absolute Gasteiger partial charge is 0.315 e. The second-order valence-corrected chi connectivity index (χ2v) is 6.21. The number of amides is 2. The molecule has 1 atom stereocenters. The van der Waals surface area contributed by atoms with Crippen LogP contribution in [0.25, 0.3) is 10.6 Å². The van der Waals surface area contributed by atoms with Gasteiger partial charge in [0, 0.05) is 18.7 Å². The van der Waals surface area contributed by atoms with Crippen LogP contribution in [0.2, 0.25) is 0 Å². The third kappa shape index (κ3) is 4.74. The number of nitrogens with zero attached hydrogens (tertiary/aromatic N) is 1. The fourth-order valence-electron chi connectivity index (χ4n) is 2.12. The predicted molar refractivity (Wildman–Crippen MR) is 88.9 cm³/mol. The summed E-state index contributed by atoms with van der Waals surface area (Å²) in [5.41, 5.74) is 1.70. The highest BCUT2D eigenvalue weighted by atomic mass is 32.1. The summed E-state index contributed by atoms with van der Waals surface area (Å²) in [7, 11) is 0. The quantitative estimate of drug-likeness (QED) is 0.710. The van der Waals surface area contributed by atoms with E-state index in [1.807, 2.05) is 13.8 Å². The van der Waals surface area contributed by atoms with Crippen LogP contribution in [0.15, 0.2) is 24.3 Å². The van der Waals surface area contributed by atoms with E-state index in [0.717, 1.165) is 21.1 Å². The van der Waals surface area contributed by atoms with Gasteiger partial charge in [0.2, 0.25) is 0 Å². The van der Waals surface area contributed by atoms with E-state index in [9.17, 15) is 9.18 Å². The number of benzene rings is 1. The molecular weight excluding hydrogens is 317 g/mol. The van der Waals surface area contributed by atoms with Gasteiger partial charge in [0.25, 0.3) is 0 Å². The van der Waals surface area contributed by atoms with Crippen LogP contribution in [-0.4, -0.2) is 29.3 Å². The average Bonchev–Trinajstić information content (AvgIpc) is 2.90. The number of aliphatic hydroxyl groups excluding tert-OH is 1. The molecule has 2 amide bonds. The first kappa shape index (κ1) is 17.4. The zero-order valence-electron chi connectivity index (χ0n) is 13.1. The third-order valence-corrected chi connectivity index (χ3v) is 4.67. The Kier molecular flexibility index (Phi) is 6.06. The number of halogens is 1. The molecule has 2 rings (SSSR count). The lowest BCUT2D eigenvalue weighted by atomic mass is 10.2. The molecule has 1 aromatic heterocycles. The minimum Gasteiger partial charge on any atom is -0.396 e. The molecule has 5 nitrogen and oxygen atoms in total. The van der Waals surface area contributed by atoms with E-state index >= 15 is 0 Å². The van der Waals surface area contributed by atoms with Crippen LogP contribution in [-0.2, 0) is 0 Å². The normalized spacial score (nSPS) is 12.0. The van der Waals surface area contributed by atoms with Gasteiger partial charge >= 0.3 is 6.03 Å². The minimum atomic E-state index is -0.281. The van der Waals surface area contributed by atoms with Crippen molar-refractivity contribution in [3.8, 4) is 10.6 Å². The Morgan fingerprint density at radius 3 is 2.74 bits per heavy atom. The lowest BCUT2D eigenvalue weighted by Gasteiger charge is -2.13. The van der Waals surface area contributed by atoms with Crippen LogP contribution in [0.3, 0.4) is 0 Å². The molecule has 23 heavy (non-hydrogen) atoms. The van der Waals surface area contributed by atoms with Gasteiger partial charge in [0.1, 0.15) is 10.8 Å². The third-order valence-electron chi connectivity index (χ3n) is 3.28. The van der Waals surface area contributed by atoms with E-state index < -0.39 is 0 Å². The van der Waals surface area contributed by atoms with Gasteiger partial charge in [0.05, 0.1) is 16.6 Å². The van der Waals surface area contributed by atoms with E-state index in [-0.39, 0.29) is 24.5 Å². The van der Waals surface area contributed by atoms with Crippen molar-refractivity contribution in [2.24, 2.45) is 0 Å². The van der Waals surface area contributed by atoms with Gasteiger partial charge in [-0.2, -0.15) is 0 Å². The monoisotopic (exact) mass is 337 g/mol. The highest BCUT2D eigenvalue weighted by molar-refractivity contribution is 7.15. The number of aliphatic hydroxyl groups is 1. The summed E-state index contributed by atoms with van der Waals surface area (Å²) in [4.78, 5) is 17.2. The Bertz CT molecular complexity index is 658. The van der Waals surface area contributed by atoms with Crippen LogP contribution in [0.1, 0.15) is 30.0 Å². The first-order chi connectivity index (χ1) is 11.0. The van der Waals surface area contributed by atoms with Crippen LogP contribution in [0, 0.1) is 12.7 Å². The molecule has 0 saturated carbocycles. The standard InChI is InChI=1S/C16H20FN3O2S/c1-10-14(11(2)20-16(22)18-8-3-9-21)23-15(19-10)12-4-6-13(17)7-5-12/h4-7,11,21H,3,8-9H2,1-2H3,(H2,18,20,22). The summed E-state index contributed by atoms with van der Waals surface area (Å²) in [6, 6.07) is 5.73. The molecule has 0 fully saturated rings. The number of aryl methyl sites for hydroxylation is 1. The number of carbonyl (C=O) groups is 1. The van der Waals surface area contributed by atoms with Gasteiger partial charge in [-0.25, -0.2) is 14.2 Å². The summed E-state index contributed by atoms with van der Waals surface area (Å²) < 4.78 is 13.0. The van der Waals surface area contributed by atoms with E-state index in [1.165, 1.54) is 23.5 Å². The van der Waals surface area contributed by atoms with Crippen LogP contribution >= 0.6 is 11.3 Å². The lowest BCUT2D eigenvalue weighted by Crippen LogP contribution is -2.37. The maximum atomic E-state index is 13.0. The average molecular weight is 337 g/mol. The van der Waals surface area contributed by atoms with Crippen molar-refractivity contribution in [2.45, 2.75) is 26.3 Å². The molecule has 0 aliphatic carbocycles. The number of carbonyl (C=O) groups excluding carboxylic acids is 1. The van der Waals surface area contributed by atoms with Crippen molar-refractivity contribution in [2.75, 3.05) is 13.2 Å². The molecule has 0 aliphatic rings. The number of rotatable bonds is 6. The second kappa shape index (κ2) is 8.03. The molecule has 1 aromatic carbocycles. The van der Waals surface area contributed by atoms with Crippen molar-refractivity contribution >= 4 is 17.4 Å². The van der Waals surface area contributed by atoms with E-state index in [0.29, 0.717) is 13.0 Å². The molecule has 0 aliphatic heterocycles. The van der Waals surface area contributed by atoms with Crippen LogP contribution < -0.4 is 10.6 Å². The Morgan fingerprint density at radius 2 is 2.09 bits per heavy atom. The zero-order chi connectivity index (χ0) is 16.8. The molecule has 7 heteroatoms. The molecule has 0 saturated heterocycles. The minimum absolute atomic E-state index is 0.0464. The maximum Gasteiger partial charge on any atom is 0.315 e. The largest absolute Gasteiger partial charge is 0.396 e. The molecule has 1 heterocycles. The summed E-state index contributed by atoms with van der Waals surface area (Å²) in [6.45, 7) is 4.25. The highest BCUT2D eigenvalue weighted by Gasteiger charge is 2.17. The second-order valence-electron chi connectivity index (χ2n) is 5.17. The Balaban J connectivity index is 2.05. The first-order valence-electron chi connectivity index (χ1n) is 7.39. The van der Waals surface area contributed by atoms with Gasteiger partial charge in [-0.05, 0) is 44.5 Å². The van der Waals surface area contributed by atoms with Crippen molar-refractivity contribution in [3.63, 3.8) is 0 Å². The number of urea groups is 1. The number of aromatic nitrogens is 1. The Hall–Kier alpha value is -1.99. The van der Waals surface area contributed by atoms with E-state index in [1.54, 1.807) is 12.1 Å². The van der Waals surface area contributed by atoms with Crippen molar-refractivity contribution in [1.82, 2.24) is 15.6 Å². The Labute approximate surface area is 138 Å². The first-order valence-corrected chi connectivity index (χ1v) is 8.21. The SMILES string of the molecule is Cc1nc(-c2ccc(F)cc2)sc1C(C)NC(=O)NCCCO. The molecule has 3 N–H and O–H groups in total. The topological polar surface area (TPSA) is 74.2 Å². The number of hydrogen-bond donors (Lipinski definition) is 3. The van der Waals surface area contributed by atoms with Gasteiger partial charge in [-0.15, -0.1) is 11.3 Å². The summed E-state index contributed by atoms with van der Waals surface area (Å²) in [6.07, 6.45) is 0.524. The number of nitrogens with one attached hydrogen (secondary N) is 2. The molecule has 124 valence electrons. The molecule has 2 aromatic rings. The maximum absolute atomic E-state index is 13.0. The fourth-order valence-corrected chi connectivity index (χ4v) is 3.19. The number of thiazole rings is 1. The van der Waals surface area contributed by atoms with Crippen molar-refractivity contribution in [3.05, 3.63) is 40.7 Å². The fraction of sp³-hybridized carbons (Fsp3) is 0.375. The summed E-state index contributed by atoms with van der Waals surface area (Å²) >= 11 is 1.48. The molecule has 1 unspecified atom stereocenters. The van der Waals surface area contributed by atoms with E-state index in [4.69, 9.17) is 5.11 Å². The lowest BCUT2D eigenvalue weighted by molar-refractivity contribution is 0.235. The molecule has 0 spiro atoms. The van der Waals surface area contributed by atoms with Gasteiger partial charge in [-0.1, -0.05) is 0 Å². The zero-order valence-corrected chi connectivity index (χ0v) is 13.9. The van der Waals surface area contributed by atoms with Gasteiger partial charge in [-0.3, -0.25) is 0 Å².